The molecule has 0 radical (unpaired) electrons. The predicted octanol–water partition coefficient (Wildman–Crippen LogP) is 6.98. The lowest BCUT2D eigenvalue weighted by atomic mass is 10.2. The summed E-state index contributed by atoms with van der Waals surface area (Å²) in [6.07, 6.45) is 5.42. The van der Waals surface area contributed by atoms with E-state index in [1.807, 2.05) is 0 Å². The second kappa shape index (κ2) is 12.9. The molecule has 1 aliphatic heterocycles. The molecular weight excluding hydrogens is 470 g/mol. The molecular formula is C28H30BF4OP. The van der Waals surface area contributed by atoms with Crippen LogP contribution in [0.2, 0.25) is 0 Å². The quantitative estimate of drug-likeness (QED) is 0.117. The third-order valence-corrected chi connectivity index (χ3v) is 10.4. The van der Waals surface area contributed by atoms with E-state index in [0.29, 0.717) is 0 Å². The van der Waals surface area contributed by atoms with E-state index in [4.69, 9.17) is 4.74 Å². The normalized spacial score (nSPS) is 17.6. The summed E-state index contributed by atoms with van der Waals surface area (Å²) in [6.45, 7) is 2.21. The Morgan fingerprint density at radius 3 is 1.60 bits per heavy atom. The minimum Gasteiger partial charge on any atom is -0.418 e. The van der Waals surface area contributed by atoms with Gasteiger partial charge in [0, 0.05) is 12.8 Å². The van der Waals surface area contributed by atoms with Crippen LogP contribution in [0.5, 0.6) is 0 Å². The van der Waals surface area contributed by atoms with Crippen LogP contribution in [-0.2, 0) is 4.74 Å². The Morgan fingerprint density at radius 2 is 1.20 bits per heavy atom. The maximum Gasteiger partial charge on any atom is 0.673 e. The number of unbranched alkanes of at least 4 members (excludes halogenated alkanes) is 2. The van der Waals surface area contributed by atoms with E-state index in [1.54, 1.807) is 0 Å². The van der Waals surface area contributed by atoms with Gasteiger partial charge >= 0.3 is 7.25 Å². The molecule has 1 saturated heterocycles. The standard InChI is InChI=1S/C28H30OP.BF4/c1-2-3-4-8-15-24-22-23-28(29-24)30(25-16-9-5-10-17-25,26-18-11-6-12-19-26)27-20-13-7-14-21-27;2-1(3,4)5/h5-7,9-14,16-21,24,28H,2-4,22-23H2,1H3;/q+1;-1. The zero-order chi connectivity index (χ0) is 25.2. The molecule has 0 spiro atoms. The van der Waals surface area contributed by atoms with Crippen LogP contribution in [0.15, 0.2) is 91.0 Å². The number of hydrogen-bond donors (Lipinski definition) is 0. The van der Waals surface area contributed by atoms with Crippen molar-refractivity contribution < 1.29 is 22.0 Å². The Hall–Kier alpha value is -2.61. The van der Waals surface area contributed by atoms with Gasteiger partial charge in [-0.2, -0.15) is 0 Å². The summed E-state index contributed by atoms with van der Waals surface area (Å²) in [5.74, 6) is 6.92. The average molecular weight is 500 g/mol. The summed E-state index contributed by atoms with van der Waals surface area (Å²) in [7, 11) is -7.97. The monoisotopic (exact) mass is 500 g/mol. The van der Waals surface area contributed by atoms with E-state index in [2.05, 4.69) is 110 Å². The van der Waals surface area contributed by atoms with Gasteiger partial charge in [0.25, 0.3) is 0 Å². The number of hydrogen-bond acceptors (Lipinski definition) is 1. The van der Waals surface area contributed by atoms with Crippen molar-refractivity contribution in [2.24, 2.45) is 0 Å². The van der Waals surface area contributed by atoms with E-state index in [-0.39, 0.29) is 11.9 Å². The topological polar surface area (TPSA) is 9.23 Å². The molecule has 4 rings (SSSR count). The fraction of sp³-hybridized carbons (Fsp3) is 0.286. The molecule has 0 bridgehead atoms. The molecule has 1 fully saturated rings. The summed E-state index contributed by atoms with van der Waals surface area (Å²) in [5, 5.41) is 4.14. The van der Waals surface area contributed by atoms with Gasteiger partial charge < -0.3 is 22.0 Å². The first-order chi connectivity index (χ1) is 16.9. The minimum atomic E-state index is -6.00. The molecule has 2 atom stereocenters. The molecule has 35 heavy (non-hydrogen) atoms. The lowest BCUT2D eigenvalue weighted by Gasteiger charge is -2.32. The van der Waals surface area contributed by atoms with Crippen molar-refractivity contribution in [3.63, 3.8) is 0 Å². The van der Waals surface area contributed by atoms with Crippen LogP contribution in [0.25, 0.3) is 0 Å². The maximum atomic E-state index is 9.75. The largest absolute Gasteiger partial charge is 0.673 e. The van der Waals surface area contributed by atoms with Gasteiger partial charge in [-0.1, -0.05) is 73.9 Å². The van der Waals surface area contributed by atoms with Gasteiger partial charge in [-0.15, -0.1) is 5.92 Å². The number of halogens is 4. The summed E-state index contributed by atoms with van der Waals surface area (Å²) >= 11 is 0. The Kier molecular flexibility index (Phi) is 9.96. The second-order valence-corrected chi connectivity index (χ2v) is 11.9. The van der Waals surface area contributed by atoms with Gasteiger partial charge in [0.1, 0.15) is 29.3 Å². The third-order valence-electron chi connectivity index (χ3n) is 5.84. The number of ether oxygens (including phenoxy) is 1. The Labute approximate surface area is 206 Å². The molecule has 3 aromatic carbocycles. The molecule has 3 aromatic rings. The fourth-order valence-electron chi connectivity index (χ4n) is 4.40. The van der Waals surface area contributed by atoms with Gasteiger partial charge in [0.15, 0.2) is 5.85 Å². The van der Waals surface area contributed by atoms with E-state index < -0.39 is 14.5 Å². The predicted molar refractivity (Wildman–Crippen MR) is 141 cm³/mol. The molecule has 0 N–H and O–H groups in total. The average Bonchev–Trinajstić information content (AvgIpc) is 3.33. The van der Waals surface area contributed by atoms with Crippen molar-refractivity contribution >= 4 is 30.4 Å². The second-order valence-electron chi connectivity index (χ2n) is 8.31. The van der Waals surface area contributed by atoms with E-state index >= 15 is 0 Å². The van der Waals surface area contributed by atoms with Gasteiger partial charge in [-0.25, -0.2) is 0 Å². The zero-order valence-electron chi connectivity index (χ0n) is 19.8. The lowest BCUT2D eigenvalue weighted by Crippen LogP contribution is -2.38. The van der Waals surface area contributed by atoms with Crippen LogP contribution in [0.1, 0.15) is 39.0 Å². The van der Waals surface area contributed by atoms with Crippen LogP contribution in [0, 0.1) is 11.8 Å². The van der Waals surface area contributed by atoms with Gasteiger partial charge in [-0.3, -0.25) is 0 Å². The lowest BCUT2D eigenvalue weighted by molar-refractivity contribution is 0.127. The van der Waals surface area contributed by atoms with E-state index in [1.165, 1.54) is 22.3 Å². The van der Waals surface area contributed by atoms with E-state index in [9.17, 15) is 17.3 Å². The highest BCUT2D eigenvalue weighted by Crippen LogP contribution is 2.63. The molecule has 184 valence electrons. The van der Waals surface area contributed by atoms with Gasteiger partial charge in [0.05, 0.1) is 0 Å². The molecule has 1 heterocycles. The number of benzene rings is 3. The van der Waals surface area contributed by atoms with Crippen molar-refractivity contribution in [2.45, 2.75) is 51.0 Å². The first kappa shape index (κ1) is 27.0. The first-order valence-corrected chi connectivity index (χ1v) is 13.8. The van der Waals surface area contributed by atoms with Crippen LogP contribution < -0.4 is 15.9 Å². The Bertz CT molecular complexity index is 979. The van der Waals surface area contributed by atoms with Crippen LogP contribution >= 0.6 is 7.26 Å². The van der Waals surface area contributed by atoms with Gasteiger partial charge in [0.2, 0.25) is 0 Å². The van der Waals surface area contributed by atoms with Crippen molar-refractivity contribution in [2.75, 3.05) is 0 Å². The van der Waals surface area contributed by atoms with E-state index in [0.717, 1.165) is 25.7 Å². The molecule has 0 aliphatic carbocycles. The molecule has 2 unspecified atom stereocenters. The summed E-state index contributed by atoms with van der Waals surface area (Å²) < 4.78 is 45.7. The molecule has 7 heteroatoms. The minimum absolute atomic E-state index is 0.0439. The smallest absolute Gasteiger partial charge is 0.418 e. The van der Waals surface area contributed by atoms with Crippen molar-refractivity contribution in [3.05, 3.63) is 91.0 Å². The van der Waals surface area contributed by atoms with Crippen LogP contribution in [0.3, 0.4) is 0 Å². The molecule has 0 aromatic heterocycles. The highest BCUT2D eigenvalue weighted by molar-refractivity contribution is 7.96. The molecule has 0 amide bonds. The SMILES string of the molecule is CCCCC#CC1CCC([P+](c2ccccc2)(c2ccccc2)c2ccccc2)O1.F[B-](F)(F)F. The Balaban J connectivity index is 0.000000623. The molecule has 1 nitrogen and oxygen atoms in total. The van der Waals surface area contributed by atoms with Crippen LogP contribution in [-0.4, -0.2) is 19.2 Å². The summed E-state index contributed by atoms with van der Waals surface area (Å²) in [5.41, 5.74) is 0. The third kappa shape index (κ3) is 7.44. The fourth-order valence-corrected chi connectivity index (χ4v) is 9.08. The summed E-state index contributed by atoms with van der Waals surface area (Å²) in [4.78, 5) is 0. The highest BCUT2D eigenvalue weighted by atomic mass is 31.2. The van der Waals surface area contributed by atoms with Crippen LogP contribution in [0.4, 0.5) is 17.3 Å². The summed E-state index contributed by atoms with van der Waals surface area (Å²) in [6, 6.07) is 33.0. The van der Waals surface area contributed by atoms with Crippen molar-refractivity contribution in [3.8, 4) is 11.8 Å². The van der Waals surface area contributed by atoms with Crippen molar-refractivity contribution in [1.82, 2.24) is 0 Å². The molecule has 0 saturated carbocycles. The highest BCUT2D eigenvalue weighted by Gasteiger charge is 2.55. The molecule has 1 aliphatic rings. The first-order valence-electron chi connectivity index (χ1n) is 11.9. The van der Waals surface area contributed by atoms with Crippen molar-refractivity contribution in [1.29, 1.82) is 0 Å². The number of rotatable bonds is 6. The maximum absolute atomic E-state index is 9.75. The Morgan fingerprint density at radius 1 is 0.771 bits per heavy atom. The zero-order valence-corrected chi connectivity index (χ0v) is 20.7. The van der Waals surface area contributed by atoms with Gasteiger partial charge in [-0.05, 0) is 49.2 Å².